The molecule has 1 aromatic carbocycles. The second-order valence-corrected chi connectivity index (χ2v) is 2.80. The molecule has 7 nitrogen and oxygen atoms in total. The quantitative estimate of drug-likeness (QED) is 0.506. The van der Waals surface area contributed by atoms with E-state index in [-0.39, 0.29) is 16.9 Å². The fourth-order valence-electron chi connectivity index (χ4n) is 1.04. The van der Waals surface area contributed by atoms with Crippen LogP contribution in [0.1, 0.15) is 20.7 Å². The minimum absolute atomic E-state index is 0.257. The van der Waals surface area contributed by atoms with E-state index in [1.165, 1.54) is 0 Å². The van der Waals surface area contributed by atoms with Crippen LogP contribution >= 0.6 is 0 Å². The molecule has 0 heterocycles. The van der Waals surface area contributed by atoms with Gasteiger partial charge in [0.2, 0.25) is 0 Å². The van der Waals surface area contributed by atoms with Gasteiger partial charge in [-0.2, -0.15) is 0 Å². The predicted octanol–water partition coefficient (Wildman–Crippen LogP) is -0.569. The summed E-state index contributed by atoms with van der Waals surface area (Å²) in [6, 6.07) is 2.89. The molecule has 0 unspecified atom stereocenters. The Morgan fingerprint density at radius 1 is 1.00 bits per heavy atom. The highest BCUT2D eigenvalue weighted by Crippen LogP contribution is 2.17. The highest BCUT2D eigenvalue weighted by Gasteiger charge is 2.16. The molecule has 0 aromatic heterocycles. The lowest BCUT2D eigenvalue weighted by Gasteiger charge is -2.06. The molecule has 0 aliphatic rings. The van der Waals surface area contributed by atoms with Crippen molar-refractivity contribution >= 4 is 19.3 Å². The summed E-state index contributed by atoms with van der Waals surface area (Å²) in [5, 5.41) is 34.4. The number of benzene rings is 1. The van der Waals surface area contributed by atoms with Crippen molar-refractivity contribution in [3.63, 3.8) is 0 Å². The van der Waals surface area contributed by atoms with Crippen molar-refractivity contribution in [3.05, 3.63) is 29.3 Å². The topological polar surface area (TPSA) is 124 Å². The van der Waals surface area contributed by atoms with Crippen molar-refractivity contribution < 1.29 is 34.5 Å². The molecule has 0 aliphatic heterocycles. The van der Waals surface area contributed by atoms with E-state index in [2.05, 4.69) is 4.65 Å². The molecule has 16 heavy (non-hydrogen) atoms. The number of rotatable bonds is 4. The van der Waals surface area contributed by atoms with Crippen molar-refractivity contribution in [2.75, 3.05) is 0 Å². The molecule has 0 bridgehead atoms. The van der Waals surface area contributed by atoms with Gasteiger partial charge >= 0.3 is 19.3 Å². The molecule has 0 aliphatic carbocycles. The molecule has 4 N–H and O–H groups in total. The lowest BCUT2D eigenvalue weighted by atomic mass is 10.1. The van der Waals surface area contributed by atoms with Gasteiger partial charge in [-0.1, -0.05) is 0 Å². The van der Waals surface area contributed by atoms with Crippen LogP contribution in [0.25, 0.3) is 0 Å². The first kappa shape index (κ1) is 12.0. The van der Waals surface area contributed by atoms with E-state index >= 15 is 0 Å². The Bertz CT molecular complexity index is 396. The average molecular weight is 226 g/mol. The molecule has 0 atom stereocenters. The van der Waals surface area contributed by atoms with Crippen LogP contribution in [0.4, 0.5) is 0 Å². The molecule has 0 amide bonds. The number of carboxylic acid groups (broad SMARTS) is 2. The summed E-state index contributed by atoms with van der Waals surface area (Å²) in [6.07, 6.45) is 0. The summed E-state index contributed by atoms with van der Waals surface area (Å²) in [6.45, 7) is 0. The fraction of sp³-hybridized carbons (Fsp3) is 0. The molecule has 8 heteroatoms. The summed E-state index contributed by atoms with van der Waals surface area (Å²) in [5.41, 5.74) is -0.647. The summed E-state index contributed by atoms with van der Waals surface area (Å²) in [4.78, 5) is 21.3. The first-order valence-electron chi connectivity index (χ1n) is 4.04. The molecule has 0 saturated heterocycles. The predicted molar refractivity (Wildman–Crippen MR) is 51.2 cm³/mol. The molecule has 1 rings (SSSR count). The van der Waals surface area contributed by atoms with Gasteiger partial charge in [-0.05, 0) is 18.2 Å². The van der Waals surface area contributed by atoms with Gasteiger partial charge in [0, 0.05) is 0 Å². The zero-order valence-electron chi connectivity index (χ0n) is 7.82. The molecule has 0 fully saturated rings. The van der Waals surface area contributed by atoms with E-state index in [9.17, 15) is 9.59 Å². The van der Waals surface area contributed by atoms with Crippen molar-refractivity contribution in [1.29, 1.82) is 0 Å². The van der Waals surface area contributed by atoms with Gasteiger partial charge < -0.3 is 24.9 Å². The van der Waals surface area contributed by atoms with Crippen molar-refractivity contribution in [1.82, 2.24) is 0 Å². The highest BCUT2D eigenvalue weighted by atomic mass is 16.6. The van der Waals surface area contributed by atoms with Gasteiger partial charge in [0.05, 0.1) is 11.1 Å². The van der Waals surface area contributed by atoms with Crippen molar-refractivity contribution in [3.8, 4) is 5.75 Å². The summed E-state index contributed by atoms with van der Waals surface area (Å²) < 4.78 is 4.38. The Morgan fingerprint density at radius 2 is 1.44 bits per heavy atom. The second-order valence-electron chi connectivity index (χ2n) is 2.80. The fourth-order valence-corrected chi connectivity index (χ4v) is 1.04. The van der Waals surface area contributed by atoms with Crippen LogP contribution in [0, 0.1) is 0 Å². The molecule has 0 radical (unpaired) electrons. The second kappa shape index (κ2) is 4.64. The van der Waals surface area contributed by atoms with Crippen LogP contribution in [-0.2, 0) is 0 Å². The van der Waals surface area contributed by atoms with Gasteiger partial charge in [-0.25, -0.2) is 9.59 Å². The van der Waals surface area contributed by atoms with Gasteiger partial charge in [-0.15, -0.1) is 0 Å². The van der Waals surface area contributed by atoms with E-state index < -0.39 is 19.3 Å². The zero-order valence-corrected chi connectivity index (χ0v) is 7.82. The SMILES string of the molecule is O=C(O)c1cc(OB(O)O)cc(C(=O)O)c1. The summed E-state index contributed by atoms with van der Waals surface area (Å²) in [7, 11) is -2.15. The van der Waals surface area contributed by atoms with Gasteiger partial charge in [-0.3, -0.25) is 0 Å². The normalized spacial score (nSPS) is 9.62. The van der Waals surface area contributed by atoms with Crippen LogP contribution in [0.5, 0.6) is 5.75 Å². The Hall–Kier alpha value is -2.06. The van der Waals surface area contributed by atoms with E-state index in [0.29, 0.717) is 0 Å². The first-order valence-corrected chi connectivity index (χ1v) is 4.04. The lowest BCUT2D eigenvalue weighted by Crippen LogP contribution is -2.21. The minimum atomic E-state index is -2.15. The van der Waals surface area contributed by atoms with Crippen LogP contribution in [-0.4, -0.2) is 39.5 Å². The zero-order chi connectivity index (χ0) is 12.3. The third-order valence-corrected chi connectivity index (χ3v) is 1.64. The smallest absolute Gasteiger partial charge is 0.512 e. The molecule has 1 aromatic rings. The van der Waals surface area contributed by atoms with E-state index in [1.807, 2.05) is 0 Å². The third kappa shape index (κ3) is 2.97. The minimum Gasteiger partial charge on any atom is -0.512 e. The largest absolute Gasteiger partial charge is 0.707 e. The number of aromatic carboxylic acids is 2. The van der Waals surface area contributed by atoms with Crippen molar-refractivity contribution in [2.24, 2.45) is 0 Å². The van der Waals surface area contributed by atoms with Gasteiger partial charge in [0.1, 0.15) is 5.75 Å². The molecular formula is C8H7BO7. The Labute approximate surface area is 89.7 Å². The van der Waals surface area contributed by atoms with E-state index in [0.717, 1.165) is 18.2 Å². The Balaban J connectivity index is 3.18. The standard InChI is InChI=1S/C8H7BO7/c10-7(11)4-1-5(8(12)13)3-6(2-4)16-9(14)15/h1-3,14-15H,(H,10,11)(H,12,13). The lowest BCUT2D eigenvalue weighted by molar-refractivity contribution is 0.0696. The van der Waals surface area contributed by atoms with Gasteiger partial charge in [0.25, 0.3) is 0 Å². The maximum Gasteiger partial charge on any atom is 0.707 e. The molecule has 0 saturated carbocycles. The molecular weight excluding hydrogens is 219 g/mol. The molecule has 84 valence electrons. The van der Waals surface area contributed by atoms with E-state index in [1.54, 1.807) is 0 Å². The maximum absolute atomic E-state index is 10.6. The van der Waals surface area contributed by atoms with Crippen LogP contribution in [0.2, 0.25) is 0 Å². The molecule has 0 spiro atoms. The first-order chi connectivity index (χ1) is 7.40. The van der Waals surface area contributed by atoms with Crippen LogP contribution in [0.3, 0.4) is 0 Å². The van der Waals surface area contributed by atoms with Crippen LogP contribution < -0.4 is 4.65 Å². The summed E-state index contributed by atoms with van der Waals surface area (Å²) in [5.74, 6) is -2.95. The summed E-state index contributed by atoms with van der Waals surface area (Å²) >= 11 is 0. The highest BCUT2D eigenvalue weighted by molar-refractivity contribution is 6.33. The van der Waals surface area contributed by atoms with Crippen LogP contribution in [0.15, 0.2) is 18.2 Å². The number of carbonyl (C=O) groups is 2. The Kier molecular flexibility index (Phi) is 3.49. The average Bonchev–Trinajstić information content (AvgIpc) is 2.15. The van der Waals surface area contributed by atoms with Gasteiger partial charge in [0.15, 0.2) is 0 Å². The number of carboxylic acids is 2. The van der Waals surface area contributed by atoms with E-state index in [4.69, 9.17) is 20.3 Å². The third-order valence-electron chi connectivity index (χ3n) is 1.64. The Morgan fingerprint density at radius 3 is 1.75 bits per heavy atom. The number of hydrogen-bond acceptors (Lipinski definition) is 5. The monoisotopic (exact) mass is 226 g/mol. The maximum atomic E-state index is 10.6. The number of hydrogen-bond donors (Lipinski definition) is 4. The van der Waals surface area contributed by atoms with Crippen molar-refractivity contribution in [2.45, 2.75) is 0 Å².